The van der Waals surface area contributed by atoms with Gasteiger partial charge in [0, 0.05) is 11.7 Å². The normalized spacial score (nSPS) is 15.6. The first-order valence-corrected chi connectivity index (χ1v) is 6.19. The number of anilines is 1. The molecule has 2 N–H and O–H groups in total. The fourth-order valence-corrected chi connectivity index (χ4v) is 1.68. The zero-order valence-electron chi connectivity index (χ0n) is 10.4. The largest absolute Gasteiger partial charge is 0.369 e. The van der Waals surface area contributed by atoms with Crippen LogP contribution in [0, 0.1) is 18.3 Å². The van der Waals surface area contributed by atoms with E-state index >= 15 is 0 Å². The van der Waals surface area contributed by atoms with Gasteiger partial charge < -0.3 is 10.6 Å². The lowest BCUT2D eigenvalue weighted by molar-refractivity contribution is -0.121. The number of aryl methyl sites for hydroxylation is 1. The number of carbonyl (C=O) groups excluding carboxylic acids is 1. The molecule has 4 heteroatoms. The Labute approximate surface area is 107 Å². The first kappa shape index (κ1) is 12.4. The fraction of sp³-hybridized carbons (Fsp3) is 0.429. The molecule has 1 aromatic carbocycles. The third kappa shape index (κ3) is 3.77. The number of hydrogen-bond donors (Lipinski definition) is 2. The maximum absolute atomic E-state index is 11.6. The van der Waals surface area contributed by atoms with Crippen molar-refractivity contribution in [1.29, 1.82) is 5.26 Å². The van der Waals surface area contributed by atoms with Crippen molar-refractivity contribution in [3.05, 3.63) is 29.8 Å². The summed E-state index contributed by atoms with van der Waals surface area (Å²) in [4.78, 5) is 11.6. The minimum atomic E-state index is -0.480. The summed E-state index contributed by atoms with van der Waals surface area (Å²) in [6.07, 6.45) is 2.32. The quantitative estimate of drug-likeness (QED) is 0.831. The van der Waals surface area contributed by atoms with E-state index in [9.17, 15) is 4.79 Å². The van der Waals surface area contributed by atoms with Gasteiger partial charge >= 0.3 is 0 Å². The summed E-state index contributed by atoms with van der Waals surface area (Å²) in [6, 6.07) is 9.76. The van der Waals surface area contributed by atoms with Crippen LogP contribution in [0.1, 0.15) is 24.8 Å². The van der Waals surface area contributed by atoms with Gasteiger partial charge in [0.2, 0.25) is 5.91 Å². The fourth-order valence-electron chi connectivity index (χ4n) is 1.68. The van der Waals surface area contributed by atoms with Crippen molar-refractivity contribution < 1.29 is 4.79 Å². The Morgan fingerprint density at radius 1 is 1.44 bits per heavy atom. The zero-order chi connectivity index (χ0) is 13.0. The van der Waals surface area contributed by atoms with Crippen LogP contribution in [0.2, 0.25) is 0 Å². The Balaban J connectivity index is 1.86. The molecule has 1 atom stereocenters. The molecule has 1 aliphatic carbocycles. The van der Waals surface area contributed by atoms with E-state index in [4.69, 9.17) is 5.26 Å². The topological polar surface area (TPSA) is 64.9 Å². The van der Waals surface area contributed by atoms with Gasteiger partial charge in [-0.05, 0) is 31.9 Å². The molecule has 0 radical (unpaired) electrons. The van der Waals surface area contributed by atoms with Crippen molar-refractivity contribution in [2.45, 2.75) is 38.3 Å². The molecule has 1 aliphatic rings. The van der Waals surface area contributed by atoms with E-state index in [1.54, 1.807) is 0 Å². The van der Waals surface area contributed by atoms with Gasteiger partial charge in [-0.25, -0.2) is 0 Å². The van der Waals surface area contributed by atoms with E-state index in [1.165, 1.54) is 5.56 Å². The van der Waals surface area contributed by atoms with Gasteiger partial charge in [0.05, 0.1) is 12.5 Å². The molecule has 1 unspecified atom stereocenters. The molecule has 1 fully saturated rings. The van der Waals surface area contributed by atoms with Crippen LogP contribution < -0.4 is 10.6 Å². The van der Waals surface area contributed by atoms with Crippen LogP contribution in [0.4, 0.5) is 5.69 Å². The Bertz CT molecular complexity index is 457. The number of nitrogens with one attached hydrogen (secondary N) is 2. The van der Waals surface area contributed by atoms with Crippen LogP contribution in [0.15, 0.2) is 24.3 Å². The second-order valence-electron chi connectivity index (χ2n) is 4.74. The summed E-state index contributed by atoms with van der Waals surface area (Å²) >= 11 is 0. The van der Waals surface area contributed by atoms with Crippen LogP contribution in [0.3, 0.4) is 0 Å². The Hall–Kier alpha value is -2.02. The SMILES string of the molecule is Cc1ccc(NC(C#N)CC(=O)NC2CC2)cc1. The molecule has 0 bridgehead atoms. The molecule has 0 saturated heterocycles. The molecule has 0 spiro atoms. The Kier molecular flexibility index (Phi) is 3.83. The van der Waals surface area contributed by atoms with Gasteiger partial charge in [-0.15, -0.1) is 0 Å². The first-order chi connectivity index (χ1) is 8.67. The van der Waals surface area contributed by atoms with Crippen LogP contribution in [-0.4, -0.2) is 18.0 Å². The Morgan fingerprint density at radius 3 is 2.67 bits per heavy atom. The Morgan fingerprint density at radius 2 is 2.11 bits per heavy atom. The molecule has 18 heavy (non-hydrogen) atoms. The molecule has 1 aromatic rings. The highest BCUT2D eigenvalue weighted by molar-refractivity contribution is 5.78. The van der Waals surface area contributed by atoms with Crippen LogP contribution in [0.5, 0.6) is 0 Å². The molecule has 0 heterocycles. The predicted molar refractivity (Wildman–Crippen MR) is 70.0 cm³/mol. The highest BCUT2D eigenvalue weighted by Crippen LogP contribution is 2.19. The second-order valence-corrected chi connectivity index (χ2v) is 4.74. The molecule has 1 saturated carbocycles. The predicted octanol–water partition coefficient (Wildman–Crippen LogP) is 1.97. The minimum Gasteiger partial charge on any atom is -0.369 e. The summed E-state index contributed by atoms with van der Waals surface area (Å²) in [6.45, 7) is 2.01. The summed E-state index contributed by atoms with van der Waals surface area (Å²) in [7, 11) is 0. The van der Waals surface area contributed by atoms with E-state index in [2.05, 4.69) is 16.7 Å². The summed E-state index contributed by atoms with van der Waals surface area (Å²) in [5.74, 6) is -0.0522. The monoisotopic (exact) mass is 243 g/mol. The standard InChI is InChI=1S/C14H17N3O/c1-10-2-4-11(5-3-10)16-13(9-15)8-14(18)17-12-6-7-12/h2-5,12-13,16H,6-8H2,1H3,(H,17,18). The smallest absolute Gasteiger partial charge is 0.223 e. The molecule has 2 rings (SSSR count). The van der Waals surface area contributed by atoms with Crippen molar-refractivity contribution in [2.24, 2.45) is 0 Å². The second kappa shape index (κ2) is 5.54. The molecular weight excluding hydrogens is 226 g/mol. The van der Waals surface area contributed by atoms with Gasteiger partial charge in [-0.3, -0.25) is 4.79 Å². The lowest BCUT2D eigenvalue weighted by atomic mass is 10.2. The van der Waals surface area contributed by atoms with Crippen molar-refractivity contribution in [3.8, 4) is 6.07 Å². The van der Waals surface area contributed by atoms with Crippen molar-refractivity contribution in [1.82, 2.24) is 5.32 Å². The van der Waals surface area contributed by atoms with Gasteiger partial charge in [0.1, 0.15) is 6.04 Å². The summed E-state index contributed by atoms with van der Waals surface area (Å²) < 4.78 is 0. The van der Waals surface area contributed by atoms with Crippen molar-refractivity contribution in [2.75, 3.05) is 5.32 Å². The molecule has 0 aromatic heterocycles. The van der Waals surface area contributed by atoms with Gasteiger partial charge in [-0.2, -0.15) is 5.26 Å². The molecule has 1 amide bonds. The maximum Gasteiger partial charge on any atom is 0.223 e. The van der Waals surface area contributed by atoms with Crippen LogP contribution in [-0.2, 0) is 4.79 Å². The van der Waals surface area contributed by atoms with Gasteiger partial charge in [0.25, 0.3) is 0 Å². The number of benzene rings is 1. The van der Waals surface area contributed by atoms with Gasteiger partial charge in [0.15, 0.2) is 0 Å². The molecule has 0 aliphatic heterocycles. The average Bonchev–Trinajstić information content (AvgIpc) is 3.15. The highest BCUT2D eigenvalue weighted by Gasteiger charge is 2.24. The molecular formula is C14H17N3O. The van der Waals surface area contributed by atoms with E-state index in [-0.39, 0.29) is 12.3 Å². The van der Waals surface area contributed by atoms with E-state index in [0.717, 1.165) is 18.5 Å². The summed E-state index contributed by atoms with van der Waals surface area (Å²) in [5.41, 5.74) is 2.03. The third-order valence-corrected chi connectivity index (χ3v) is 2.88. The number of amides is 1. The first-order valence-electron chi connectivity index (χ1n) is 6.19. The molecule has 4 nitrogen and oxygen atoms in total. The number of rotatable bonds is 5. The third-order valence-electron chi connectivity index (χ3n) is 2.88. The van der Waals surface area contributed by atoms with E-state index in [0.29, 0.717) is 6.04 Å². The van der Waals surface area contributed by atoms with Gasteiger partial charge in [-0.1, -0.05) is 17.7 Å². The van der Waals surface area contributed by atoms with Crippen LogP contribution in [0.25, 0.3) is 0 Å². The minimum absolute atomic E-state index is 0.0522. The maximum atomic E-state index is 11.6. The average molecular weight is 243 g/mol. The van der Waals surface area contributed by atoms with Crippen molar-refractivity contribution in [3.63, 3.8) is 0 Å². The van der Waals surface area contributed by atoms with E-state index in [1.807, 2.05) is 31.2 Å². The number of hydrogen-bond acceptors (Lipinski definition) is 3. The number of nitriles is 1. The van der Waals surface area contributed by atoms with E-state index < -0.39 is 6.04 Å². The number of nitrogens with zero attached hydrogens (tertiary/aromatic N) is 1. The lowest BCUT2D eigenvalue weighted by Crippen LogP contribution is -2.31. The van der Waals surface area contributed by atoms with Crippen LogP contribution >= 0.6 is 0 Å². The summed E-state index contributed by atoms with van der Waals surface area (Å²) in [5, 5.41) is 15.0. The number of carbonyl (C=O) groups is 1. The zero-order valence-corrected chi connectivity index (χ0v) is 10.4. The lowest BCUT2D eigenvalue weighted by Gasteiger charge is -2.13. The molecule has 94 valence electrons. The van der Waals surface area contributed by atoms with Crippen molar-refractivity contribution >= 4 is 11.6 Å². The highest BCUT2D eigenvalue weighted by atomic mass is 16.1.